The molecule has 4 nitrogen and oxygen atoms in total. The molecule has 0 aliphatic rings. The number of hydrogen-bond donors (Lipinski definition) is 1. The standard InChI is InChI=1S/C64H41N3OS4/c1-3-11-53-42(4-2)46-25-20-36(31-57(46)69-53)37-21-28-49-60(32-37)72-56-19-10-15-43(62(49)56)38-24-29-51-50(30-38)61-41(12-9-16-52(61)68-51)35-66-64(40-23-27-48-45-14-6-8-18-55(45)71-59(48)34-40)67-63(65)39-22-26-47-44-13-5-7-17-54(44)70-58(47)33-39/h3-34H,2,35H2,1H3,(H2,65,66,67)/b11-3-. The van der Waals surface area contributed by atoms with E-state index in [-0.39, 0.29) is 0 Å². The molecule has 9 aromatic carbocycles. The van der Waals surface area contributed by atoms with E-state index in [4.69, 9.17) is 20.1 Å². The summed E-state index contributed by atoms with van der Waals surface area (Å²) in [7, 11) is 0. The Morgan fingerprint density at radius 3 is 1.88 bits per heavy atom. The number of allylic oxidation sites excluding steroid dienone is 1. The zero-order valence-corrected chi connectivity index (χ0v) is 42.2. The number of hydrogen-bond acceptors (Lipinski definition) is 6. The fraction of sp³-hybridized carbons (Fsp3) is 0.0312. The van der Waals surface area contributed by atoms with E-state index in [2.05, 4.69) is 202 Å². The van der Waals surface area contributed by atoms with Crippen molar-refractivity contribution in [3.05, 3.63) is 216 Å². The maximum absolute atomic E-state index is 6.98. The van der Waals surface area contributed by atoms with Gasteiger partial charge >= 0.3 is 0 Å². The molecule has 72 heavy (non-hydrogen) atoms. The van der Waals surface area contributed by atoms with Crippen LogP contribution in [0, 0.1) is 0 Å². The number of amidine groups is 2. The Kier molecular flexibility index (Phi) is 10.2. The number of furan rings is 1. The highest BCUT2D eigenvalue weighted by atomic mass is 32.1. The largest absolute Gasteiger partial charge is 0.456 e. The SMILES string of the molecule is C=Cc1c(/C=C\C)sc2cc(-c3ccc4c(c3)sc3cccc(-c5ccc6oc7cccc(CN=C(N=C(N)c8ccc9c(c8)sc8ccccc89)c8ccc9c(c8)sc8ccccc89)c7c6c5)c34)ccc12. The summed E-state index contributed by atoms with van der Waals surface area (Å²) >= 11 is 7.23. The Labute approximate surface area is 430 Å². The van der Waals surface area contributed by atoms with Crippen molar-refractivity contribution in [2.45, 2.75) is 13.5 Å². The summed E-state index contributed by atoms with van der Waals surface area (Å²) in [5.41, 5.74) is 17.4. The van der Waals surface area contributed by atoms with Gasteiger partial charge in [-0.25, -0.2) is 4.99 Å². The second-order valence-corrected chi connectivity index (χ2v) is 22.5. The molecule has 8 heteroatoms. The second-order valence-electron chi connectivity index (χ2n) is 18.1. The van der Waals surface area contributed by atoms with Crippen LogP contribution in [0.4, 0.5) is 0 Å². The molecule has 14 rings (SSSR count). The van der Waals surface area contributed by atoms with Crippen LogP contribution in [0.15, 0.2) is 203 Å². The number of benzene rings is 9. The summed E-state index contributed by atoms with van der Waals surface area (Å²) in [5.74, 6) is 1.01. The van der Waals surface area contributed by atoms with Gasteiger partial charge in [0.1, 0.15) is 17.0 Å². The van der Waals surface area contributed by atoms with Crippen LogP contribution in [-0.2, 0) is 6.54 Å². The van der Waals surface area contributed by atoms with Crippen LogP contribution in [0.1, 0.15) is 34.1 Å². The van der Waals surface area contributed by atoms with E-state index in [1.807, 2.05) is 28.7 Å². The van der Waals surface area contributed by atoms with Gasteiger partial charge in [0.2, 0.25) is 0 Å². The highest BCUT2D eigenvalue weighted by Gasteiger charge is 2.18. The Hall–Kier alpha value is -7.98. The van der Waals surface area contributed by atoms with Crippen LogP contribution in [0.2, 0.25) is 0 Å². The number of thiophene rings is 4. The Morgan fingerprint density at radius 2 is 1.12 bits per heavy atom. The van der Waals surface area contributed by atoms with Crippen LogP contribution in [-0.4, -0.2) is 11.7 Å². The van der Waals surface area contributed by atoms with Gasteiger partial charge in [0, 0.05) is 97.4 Å². The molecule has 0 unspecified atom stereocenters. The van der Waals surface area contributed by atoms with Crippen molar-refractivity contribution >= 4 is 162 Å². The van der Waals surface area contributed by atoms with Crippen LogP contribution >= 0.6 is 45.3 Å². The van der Waals surface area contributed by atoms with E-state index in [1.165, 1.54) is 97.7 Å². The van der Waals surface area contributed by atoms with Crippen molar-refractivity contribution < 1.29 is 4.42 Å². The van der Waals surface area contributed by atoms with E-state index in [0.717, 1.165) is 44.2 Å². The van der Waals surface area contributed by atoms with Crippen molar-refractivity contribution in [1.82, 2.24) is 0 Å². The molecule has 342 valence electrons. The minimum absolute atomic E-state index is 0.376. The van der Waals surface area contributed by atoms with Gasteiger partial charge in [0.05, 0.1) is 6.54 Å². The Morgan fingerprint density at radius 1 is 0.514 bits per heavy atom. The molecule has 0 amide bonds. The summed E-state index contributed by atoms with van der Waals surface area (Å²) in [5, 5.41) is 10.8. The van der Waals surface area contributed by atoms with Gasteiger partial charge in [0.25, 0.3) is 0 Å². The predicted octanol–water partition coefficient (Wildman–Crippen LogP) is 19.3. The van der Waals surface area contributed by atoms with Gasteiger partial charge in [-0.05, 0) is 107 Å². The average Bonchev–Trinajstić information content (AvgIpc) is 4.24. The first-order valence-electron chi connectivity index (χ1n) is 23.9. The number of aliphatic imine (C=N–C) groups is 2. The minimum Gasteiger partial charge on any atom is -0.456 e. The van der Waals surface area contributed by atoms with Crippen LogP contribution < -0.4 is 5.73 Å². The third-order valence-electron chi connectivity index (χ3n) is 13.9. The minimum atomic E-state index is 0.376. The molecule has 0 bridgehead atoms. The van der Waals surface area contributed by atoms with Gasteiger partial charge in [-0.2, -0.15) is 0 Å². The van der Waals surface area contributed by atoms with Gasteiger partial charge in [-0.3, -0.25) is 4.99 Å². The number of rotatable bonds is 8. The molecule has 0 saturated heterocycles. The lowest BCUT2D eigenvalue weighted by molar-refractivity contribution is 0.668. The van der Waals surface area contributed by atoms with Gasteiger partial charge in [-0.15, -0.1) is 45.3 Å². The molecule has 2 N–H and O–H groups in total. The molecule has 5 heterocycles. The molecule has 5 aromatic heterocycles. The maximum Gasteiger partial charge on any atom is 0.157 e. The average molecular weight is 996 g/mol. The summed E-state index contributed by atoms with van der Waals surface area (Å²) < 4.78 is 15.3. The molecular formula is C64H41N3OS4. The topological polar surface area (TPSA) is 63.9 Å². The molecule has 0 spiro atoms. The molecule has 0 aliphatic heterocycles. The van der Waals surface area contributed by atoms with E-state index in [1.54, 1.807) is 22.7 Å². The van der Waals surface area contributed by atoms with Crippen molar-refractivity contribution in [2.24, 2.45) is 15.7 Å². The van der Waals surface area contributed by atoms with Crippen LogP contribution in [0.3, 0.4) is 0 Å². The highest BCUT2D eigenvalue weighted by molar-refractivity contribution is 7.26. The lowest BCUT2D eigenvalue weighted by Crippen LogP contribution is -2.16. The van der Waals surface area contributed by atoms with E-state index >= 15 is 0 Å². The van der Waals surface area contributed by atoms with Crippen molar-refractivity contribution in [1.29, 1.82) is 0 Å². The number of nitrogens with two attached hydrogens (primary N) is 1. The summed E-state index contributed by atoms with van der Waals surface area (Å²) in [6.45, 7) is 6.55. The zero-order valence-electron chi connectivity index (χ0n) is 38.9. The quantitative estimate of drug-likeness (QED) is 0.122. The lowest BCUT2D eigenvalue weighted by Gasteiger charge is -2.08. The van der Waals surface area contributed by atoms with Gasteiger partial charge in [0.15, 0.2) is 5.84 Å². The first-order chi connectivity index (χ1) is 35.5. The van der Waals surface area contributed by atoms with Crippen LogP contribution in [0.5, 0.6) is 0 Å². The number of nitrogens with zero attached hydrogens (tertiary/aromatic N) is 2. The second kappa shape index (κ2) is 17.1. The zero-order chi connectivity index (χ0) is 48.0. The van der Waals surface area contributed by atoms with Crippen molar-refractivity contribution in [3.63, 3.8) is 0 Å². The Balaban J connectivity index is 0.854. The van der Waals surface area contributed by atoms with Gasteiger partial charge < -0.3 is 10.2 Å². The van der Waals surface area contributed by atoms with Gasteiger partial charge in [-0.1, -0.05) is 134 Å². The summed E-state index contributed by atoms with van der Waals surface area (Å²) in [6.07, 6.45) is 6.25. The van der Waals surface area contributed by atoms with E-state index in [9.17, 15) is 0 Å². The first-order valence-corrected chi connectivity index (χ1v) is 27.2. The molecular weight excluding hydrogens is 955 g/mol. The predicted molar refractivity (Wildman–Crippen MR) is 317 cm³/mol. The Bertz CT molecular complexity index is 4670. The lowest BCUT2D eigenvalue weighted by atomic mass is 9.96. The van der Waals surface area contributed by atoms with E-state index < -0.39 is 0 Å². The van der Waals surface area contributed by atoms with Crippen molar-refractivity contribution in [3.8, 4) is 22.3 Å². The molecule has 0 aliphatic carbocycles. The third kappa shape index (κ3) is 7.05. The van der Waals surface area contributed by atoms with Crippen molar-refractivity contribution in [2.75, 3.05) is 0 Å². The molecule has 14 aromatic rings. The fourth-order valence-corrected chi connectivity index (χ4v) is 15.2. The highest BCUT2D eigenvalue weighted by Crippen LogP contribution is 2.44. The summed E-state index contributed by atoms with van der Waals surface area (Å²) in [4.78, 5) is 11.7. The maximum atomic E-state index is 6.98. The molecule has 0 fully saturated rings. The van der Waals surface area contributed by atoms with E-state index in [0.29, 0.717) is 18.2 Å². The first kappa shape index (κ1) is 42.9. The molecule has 0 radical (unpaired) electrons. The molecule has 0 saturated carbocycles. The monoisotopic (exact) mass is 995 g/mol. The van der Waals surface area contributed by atoms with Crippen LogP contribution in [0.25, 0.3) is 127 Å². The number of fused-ring (bicyclic) bond motifs is 13. The summed E-state index contributed by atoms with van der Waals surface area (Å²) in [6, 6.07) is 63.4. The smallest absolute Gasteiger partial charge is 0.157 e. The fourth-order valence-electron chi connectivity index (χ4n) is 10.5. The normalized spacial score (nSPS) is 12.8. The third-order valence-corrected chi connectivity index (χ3v) is 18.5. The molecule has 0 atom stereocenters.